The van der Waals surface area contributed by atoms with Crippen molar-refractivity contribution in [3.05, 3.63) is 0 Å². The molecule has 0 bridgehead atoms. The molecule has 2 fully saturated rings. The molecule has 1 N–H and O–H groups in total. The van der Waals surface area contributed by atoms with Crippen LogP contribution in [0.2, 0.25) is 0 Å². The van der Waals surface area contributed by atoms with E-state index in [1.807, 2.05) is 0 Å². The van der Waals surface area contributed by atoms with Gasteiger partial charge >= 0.3 is 0 Å². The molecule has 1 atom stereocenters. The summed E-state index contributed by atoms with van der Waals surface area (Å²) in [6.07, 6.45) is 8.48. The number of nitrogens with zero attached hydrogens (tertiary/aromatic N) is 1. The molecule has 0 aromatic rings. The third-order valence-corrected chi connectivity index (χ3v) is 4.72. The van der Waals surface area contributed by atoms with Crippen LogP contribution in [0.1, 0.15) is 52.4 Å². The summed E-state index contributed by atoms with van der Waals surface area (Å²) in [5, 5.41) is 3.72. The zero-order valence-corrected chi connectivity index (χ0v) is 11.8. The highest BCUT2D eigenvalue weighted by Crippen LogP contribution is 2.24. The Labute approximate surface area is 107 Å². The quantitative estimate of drug-likeness (QED) is 0.813. The Morgan fingerprint density at radius 1 is 1.06 bits per heavy atom. The fraction of sp³-hybridized carbons (Fsp3) is 1.00. The fourth-order valence-corrected chi connectivity index (χ4v) is 3.37. The van der Waals surface area contributed by atoms with Gasteiger partial charge in [0.15, 0.2) is 0 Å². The van der Waals surface area contributed by atoms with Gasteiger partial charge < -0.3 is 10.2 Å². The summed E-state index contributed by atoms with van der Waals surface area (Å²) in [7, 11) is 0. The number of likely N-dealkylation sites (tertiary alicyclic amines) is 1. The first-order chi connectivity index (χ1) is 8.25. The third kappa shape index (κ3) is 4.26. The van der Waals surface area contributed by atoms with Crippen molar-refractivity contribution in [2.75, 3.05) is 26.2 Å². The summed E-state index contributed by atoms with van der Waals surface area (Å²) in [4.78, 5) is 2.70. The molecule has 0 amide bonds. The molecule has 0 aliphatic carbocycles. The monoisotopic (exact) mass is 238 g/mol. The Balaban J connectivity index is 1.69. The van der Waals surface area contributed by atoms with Gasteiger partial charge in [-0.15, -0.1) is 0 Å². The Kier molecular flexibility index (Phi) is 5.30. The van der Waals surface area contributed by atoms with Crippen molar-refractivity contribution in [1.82, 2.24) is 10.2 Å². The van der Waals surface area contributed by atoms with Crippen molar-refractivity contribution in [1.29, 1.82) is 0 Å². The first-order valence-corrected chi connectivity index (χ1v) is 7.71. The Morgan fingerprint density at radius 3 is 2.53 bits per heavy atom. The molecule has 2 nitrogen and oxygen atoms in total. The van der Waals surface area contributed by atoms with E-state index in [9.17, 15) is 0 Å². The molecule has 2 aliphatic heterocycles. The van der Waals surface area contributed by atoms with Crippen LogP contribution < -0.4 is 5.32 Å². The molecule has 0 saturated carbocycles. The maximum absolute atomic E-state index is 3.72. The highest BCUT2D eigenvalue weighted by molar-refractivity contribution is 4.79. The highest BCUT2D eigenvalue weighted by Gasteiger charge is 2.23. The van der Waals surface area contributed by atoms with E-state index in [2.05, 4.69) is 24.1 Å². The SMILES string of the molecule is CC(C)C1CCN(CC2CCCCCN2)CC1. The molecule has 1 unspecified atom stereocenters. The number of hydrogen-bond acceptors (Lipinski definition) is 2. The lowest BCUT2D eigenvalue weighted by Crippen LogP contribution is -2.44. The predicted molar refractivity (Wildman–Crippen MR) is 74.3 cm³/mol. The highest BCUT2D eigenvalue weighted by atomic mass is 15.2. The second kappa shape index (κ2) is 6.75. The minimum atomic E-state index is 0.771. The number of nitrogens with one attached hydrogen (secondary N) is 1. The molecule has 2 heteroatoms. The lowest BCUT2D eigenvalue weighted by molar-refractivity contribution is 0.144. The number of piperidine rings is 1. The maximum Gasteiger partial charge on any atom is 0.0195 e. The molecule has 2 aliphatic rings. The van der Waals surface area contributed by atoms with Gasteiger partial charge in [0.25, 0.3) is 0 Å². The first kappa shape index (κ1) is 13.4. The molecular weight excluding hydrogens is 208 g/mol. The maximum atomic E-state index is 3.72. The molecule has 0 spiro atoms. The van der Waals surface area contributed by atoms with Crippen LogP contribution in [-0.4, -0.2) is 37.1 Å². The van der Waals surface area contributed by atoms with Crippen molar-refractivity contribution < 1.29 is 0 Å². The normalized spacial score (nSPS) is 29.5. The first-order valence-electron chi connectivity index (χ1n) is 7.71. The van der Waals surface area contributed by atoms with Crippen LogP contribution >= 0.6 is 0 Å². The van der Waals surface area contributed by atoms with E-state index in [-0.39, 0.29) is 0 Å². The largest absolute Gasteiger partial charge is 0.313 e. The summed E-state index contributed by atoms with van der Waals surface area (Å²) < 4.78 is 0. The van der Waals surface area contributed by atoms with Crippen LogP contribution in [0.15, 0.2) is 0 Å². The fourth-order valence-electron chi connectivity index (χ4n) is 3.37. The summed E-state index contributed by atoms with van der Waals surface area (Å²) in [6, 6.07) is 0.771. The number of rotatable bonds is 3. The molecule has 17 heavy (non-hydrogen) atoms. The van der Waals surface area contributed by atoms with Crippen LogP contribution in [0.3, 0.4) is 0 Å². The molecule has 2 saturated heterocycles. The molecule has 2 heterocycles. The van der Waals surface area contributed by atoms with Gasteiger partial charge in [0.1, 0.15) is 0 Å². The lowest BCUT2D eigenvalue weighted by atomic mass is 9.86. The van der Waals surface area contributed by atoms with Gasteiger partial charge in [-0.3, -0.25) is 0 Å². The van der Waals surface area contributed by atoms with Crippen molar-refractivity contribution in [2.45, 2.75) is 58.4 Å². The van der Waals surface area contributed by atoms with Crippen molar-refractivity contribution in [3.8, 4) is 0 Å². The Morgan fingerprint density at radius 2 is 1.82 bits per heavy atom. The van der Waals surface area contributed by atoms with Gasteiger partial charge in [0.2, 0.25) is 0 Å². The minimum Gasteiger partial charge on any atom is -0.313 e. The summed E-state index contributed by atoms with van der Waals surface area (Å²) in [5.74, 6) is 1.86. The van der Waals surface area contributed by atoms with Gasteiger partial charge in [-0.25, -0.2) is 0 Å². The van der Waals surface area contributed by atoms with E-state index in [1.54, 1.807) is 0 Å². The Hall–Kier alpha value is -0.0800. The average Bonchev–Trinajstić information content (AvgIpc) is 2.58. The predicted octanol–water partition coefficient (Wildman–Crippen LogP) is 2.89. The van der Waals surface area contributed by atoms with Crippen molar-refractivity contribution >= 4 is 0 Å². The van der Waals surface area contributed by atoms with Gasteiger partial charge in [-0.2, -0.15) is 0 Å². The zero-order valence-electron chi connectivity index (χ0n) is 11.8. The van der Waals surface area contributed by atoms with Gasteiger partial charge in [-0.1, -0.05) is 26.7 Å². The van der Waals surface area contributed by atoms with Crippen LogP contribution in [-0.2, 0) is 0 Å². The van der Waals surface area contributed by atoms with E-state index in [4.69, 9.17) is 0 Å². The van der Waals surface area contributed by atoms with Crippen LogP contribution in [0.5, 0.6) is 0 Å². The molecule has 2 rings (SSSR count). The molecular formula is C15H30N2. The van der Waals surface area contributed by atoms with Crippen LogP contribution in [0.25, 0.3) is 0 Å². The average molecular weight is 238 g/mol. The topological polar surface area (TPSA) is 15.3 Å². The third-order valence-electron chi connectivity index (χ3n) is 4.72. The summed E-state index contributed by atoms with van der Waals surface area (Å²) >= 11 is 0. The second-order valence-corrected chi connectivity index (χ2v) is 6.38. The molecule has 100 valence electrons. The molecule has 0 aromatic heterocycles. The summed E-state index contributed by atoms with van der Waals surface area (Å²) in [6.45, 7) is 9.97. The minimum absolute atomic E-state index is 0.771. The van der Waals surface area contributed by atoms with Crippen LogP contribution in [0.4, 0.5) is 0 Å². The van der Waals surface area contributed by atoms with Crippen LogP contribution in [0, 0.1) is 11.8 Å². The van der Waals surface area contributed by atoms with Gasteiger partial charge in [0, 0.05) is 12.6 Å². The standard InChI is InChI=1S/C15H30N2/c1-13(2)14-7-10-17(11-8-14)12-15-6-4-3-5-9-16-15/h13-16H,3-12H2,1-2H3. The summed E-state index contributed by atoms with van der Waals surface area (Å²) in [5.41, 5.74) is 0. The lowest BCUT2D eigenvalue weighted by Gasteiger charge is -2.35. The zero-order chi connectivity index (χ0) is 12.1. The van der Waals surface area contributed by atoms with Crippen molar-refractivity contribution in [3.63, 3.8) is 0 Å². The van der Waals surface area contributed by atoms with E-state index >= 15 is 0 Å². The van der Waals surface area contributed by atoms with E-state index in [1.165, 1.54) is 64.7 Å². The van der Waals surface area contributed by atoms with E-state index < -0.39 is 0 Å². The Bertz CT molecular complexity index is 199. The second-order valence-electron chi connectivity index (χ2n) is 6.38. The number of hydrogen-bond donors (Lipinski definition) is 1. The smallest absolute Gasteiger partial charge is 0.0195 e. The van der Waals surface area contributed by atoms with Gasteiger partial charge in [-0.05, 0) is 57.2 Å². The van der Waals surface area contributed by atoms with Gasteiger partial charge in [0.05, 0.1) is 0 Å². The van der Waals surface area contributed by atoms with E-state index in [0.29, 0.717) is 0 Å². The molecule has 0 aromatic carbocycles. The van der Waals surface area contributed by atoms with E-state index in [0.717, 1.165) is 17.9 Å². The van der Waals surface area contributed by atoms with Crippen molar-refractivity contribution in [2.24, 2.45) is 11.8 Å². The molecule has 0 radical (unpaired) electrons.